The van der Waals surface area contributed by atoms with Crippen LogP contribution in [0.1, 0.15) is 10.4 Å². The second-order valence-corrected chi connectivity index (χ2v) is 4.02. The van der Waals surface area contributed by atoms with Gasteiger partial charge in [0.2, 0.25) is 0 Å². The van der Waals surface area contributed by atoms with Crippen molar-refractivity contribution < 1.29 is 4.79 Å². The molecule has 1 amide bonds. The Labute approximate surface area is 106 Å². The lowest BCUT2D eigenvalue weighted by atomic mass is 9.95. The summed E-state index contributed by atoms with van der Waals surface area (Å²) < 4.78 is 0. The lowest BCUT2D eigenvalue weighted by Crippen LogP contribution is -2.13. The molecule has 0 spiro atoms. The molecule has 2 rings (SSSR count). The van der Waals surface area contributed by atoms with Crippen molar-refractivity contribution in [3.63, 3.8) is 0 Å². The van der Waals surface area contributed by atoms with Gasteiger partial charge in [0.15, 0.2) is 0 Å². The summed E-state index contributed by atoms with van der Waals surface area (Å²) in [5.74, 6) is -0.174. The first-order chi connectivity index (χ1) is 8.15. The average molecular weight is 241 g/mol. The molecule has 0 bridgehead atoms. The van der Waals surface area contributed by atoms with Gasteiger partial charge in [0.1, 0.15) is 7.85 Å². The van der Waals surface area contributed by atoms with Crippen molar-refractivity contribution in [1.82, 2.24) is 0 Å². The molecule has 0 heterocycles. The van der Waals surface area contributed by atoms with Crippen LogP contribution in [-0.2, 0) is 0 Å². The highest BCUT2D eigenvalue weighted by Crippen LogP contribution is 2.14. The summed E-state index contributed by atoms with van der Waals surface area (Å²) >= 11 is 5.76. The van der Waals surface area contributed by atoms with Crippen LogP contribution in [0.4, 0.5) is 5.69 Å². The fourth-order valence-electron chi connectivity index (χ4n) is 1.37. The molecular formula is C13H9BClNO. The van der Waals surface area contributed by atoms with Gasteiger partial charge in [0, 0.05) is 16.3 Å². The number of carbonyl (C=O) groups excluding carboxylic acids is 1. The summed E-state index contributed by atoms with van der Waals surface area (Å²) in [5.41, 5.74) is 1.90. The zero-order valence-electron chi connectivity index (χ0n) is 8.98. The van der Waals surface area contributed by atoms with Gasteiger partial charge in [-0.3, -0.25) is 4.79 Å². The Bertz CT molecular complexity index is 522. The molecule has 0 atom stereocenters. The zero-order chi connectivity index (χ0) is 12.3. The number of nitrogens with one attached hydrogen (secondary N) is 1. The molecule has 0 aliphatic rings. The second kappa shape index (κ2) is 5.06. The molecule has 0 saturated carbocycles. The van der Waals surface area contributed by atoms with Gasteiger partial charge in [-0.05, 0) is 24.3 Å². The third kappa shape index (κ3) is 3.11. The van der Waals surface area contributed by atoms with Gasteiger partial charge in [-0.25, -0.2) is 0 Å². The summed E-state index contributed by atoms with van der Waals surface area (Å²) in [4.78, 5) is 11.8. The van der Waals surface area contributed by atoms with Crippen molar-refractivity contribution in [2.75, 3.05) is 5.32 Å². The maximum Gasteiger partial charge on any atom is 0.255 e. The highest BCUT2D eigenvalue weighted by molar-refractivity contribution is 6.32. The first kappa shape index (κ1) is 11.7. The van der Waals surface area contributed by atoms with Crippen molar-refractivity contribution in [2.45, 2.75) is 0 Å². The standard InChI is InChI=1S/C13H9BClNO/c14-10-3-1-9(2-4-10)13(17)16-12-7-5-11(15)6-8-12/h1-8H,(H,16,17). The minimum absolute atomic E-state index is 0.174. The van der Waals surface area contributed by atoms with E-state index in [1.165, 1.54) is 0 Å². The normalized spacial score (nSPS) is 9.94. The fraction of sp³-hybridized carbons (Fsp3) is 0. The van der Waals surface area contributed by atoms with Gasteiger partial charge in [-0.1, -0.05) is 41.3 Å². The zero-order valence-corrected chi connectivity index (χ0v) is 9.74. The highest BCUT2D eigenvalue weighted by atomic mass is 35.5. The van der Waals surface area contributed by atoms with Crippen LogP contribution in [0.5, 0.6) is 0 Å². The molecule has 0 aromatic heterocycles. The van der Waals surface area contributed by atoms with E-state index in [4.69, 9.17) is 19.4 Å². The summed E-state index contributed by atoms with van der Waals surface area (Å²) in [7, 11) is 5.55. The van der Waals surface area contributed by atoms with Crippen molar-refractivity contribution in [3.8, 4) is 0 Å². The average Bonchev–Trinajstić information content (AvgIpc) is 2.33. The Kier molecular flexibility index (Phi) is 3.50. The molecule has 0 aliphatic heterocycles. The first-order valence-corrected chi connectivity index (χ1v) is 5.45. The van der Waals surface area contributed by atoms with Gasteiger partial charge in [-0.15, -0.1) is 0 Å². The lowest BCUT2D eigenvalue weighted by molar-refractivity contribution is 0.102. The van der Waals surface area contributed by atoms with Crippen molar-refractivity contribution in [3.05, 3.63) is 59.1 Å². The van der Waals surface area contributed by atoms with E-state index in [-0.39, 0.29) is 5.91 Å². The number of hydrogen-bond acceptors (Lipinski definition) is 1. The topological polar surface area (TPSA) is 29.1 Å². The van der Waals surface area contributed by atoms with Gasteiger partial charge in [-0.2, -0.15) is 0 Å². The van der Waals surface area contributed by atoms with Gasteiger partial charge >= 0.3 is 0 Å². The first-order valence-electron chi connectivity index (χ1n) is 5.07. The van der Waals surface area contributed by atoms with Crippen LogP contribution >= 0.6 is 11.6 Å². The number of rotatable bonds is 2. The SMILES string of the molecule is [B]c1ccc(C(=O)Nc2ccc(Cl)cc2)cc1. The number of hydrogen-bond donors (Lipinski definition) is 1. The van der Waals surface area contributed by atoms with Crippen LogP contribution in [0.3, 0.4) is 0 Å². The molecule has 0 aliphatic carbocycles. The van der Waals surface area contributed by atoms with E-state index in [2.05, 4.69) is 5.32 Å². The molecule has 0 unspecified atom stereocenters. The maximum absolute atomic E-state index is 11.8. The molecule has 4 heteroatoms. The van der Waals surface area contributed by atoms with Crippen LogP contribution in [0.2, 0.25) is 5.02 Å². The predicted molar refractivity (Wildman–Crippen MR) is 71.2 cm³/mol. The molecule has 1 N–H and O–H groups in total. The lowest BCUT2D eigenvalue weighted by Gasteiger charge is -2.05. The Morgan fingerprint density at radius 3 is 2.18 bits per heavy atom. The summed E-state index contributed by atoms with van der Waals surface area (Å²) in [6.07, 6.45) is 0. The van der Waals surface area contributed by atoms with Gasteiger partial charge in [0.05, 0.1) is 0 Å². The van der Waals surface area contributed by atoms with Crippen LogP contribution in [0.25, 0.3) is 0 Å². The van der Waals surface area contributed by atoms with E-state index >= 15 is 0 Å². The van der Waals surface area contributed by atoms with E-state index < -0.39 is 0 Å². The molecular weight excluding hydrogens is 232 g/mol. The van der Waals surface area contributed by atoms with Crippen LogP contribution in [0.15, 0.2) is 48.5 Å². The predicted octanol–water partition coefficient (Wildman–Crippen LogP) is 2.39. The maximum atomic E-state index is 11.8. The third-order valence-electron chi connectivity index (χ3n) is 2.27. The Morgan fingerprint density at radius 1 is 1.00 bits per heavy atom. The number of carbonyl (C=O) groups is 1. The van der Waals surface area contributed by atoms with Gasteiger partial charge < -0.3 is 5.32 Å². The smallest absolute Gasteiger partial charge is 0.255 e. The summed E-state index contributed by atoms with van der Waals surface area (Å²) in [6, 6.07) is 13.7. The third-order valence-corrected chi connectivity index (χ3v) is 2.53. The molecule has 2 nitrogen and oxygen atoms in total. The van der Waals surface area contributed by atoms with Crippen molar-refractivity contribution in [1.29, 1.82) is 0 Å². The number of benzene rings is 2. The highest BCUT2D eigenvalue weighted by Gasteiger charge is 2.04. The van der Waals surface area contributed by atoms with E-state index in [1.54, 1.807) is 48.5 Å². The Balaban J connectivity index is 2.11. The molecule has 17 heavy (non-hydrogen) atoms. The van der Waals surface area contributed by atoms with Crippen LogP contribution in [0, 0.1) is 0 Å². The van der Waals surface area contributed by atoms with Gasteiger partial charge in [0.25, 0.3) is 5.91 Å². The summed E-state index contributed by atoms with van der Waals surface area (Å²) in [6.45, 7) is 0. The molecule has 0 fully saturated rings. The molecule has 2 aromatic rings. The number of halogens is 1. The van der Waals surface area contributed by atoms with Crippen molar-refractivity contribution >= 4 is 36.5 Å². The summed E-state index contributed by atoms with van der Waals surface area (Å²) in [5, 5.41) is 3.40. The molecule has 2 aromatic carbocycles. The van der Waals surface area contributed by atoms with E-state index in [0.717, 1.165) is 0 Å². The molecule has 2 radical (unpaired) electrons. The second-order valence-electron chi connectivity index (χ2n) is 3.58. The Morgan fingerprint density at radius 2 is 1.59 bits per heavy atom. The molecule has 0 saturated heterocycles. The van der Waals surface area contributed by atoms with Crippen LogP contribution < -0.4 is 10.8 Å². The monoisotopic (exact) mass is 241 g/mol. The van der Waals surface area contributed by atoms with E-state index in [9.17, 15) is 4.79 Å². The van der Waals surface area contributed by atoms with E-state index in [0.29, 0.717) is 21.7 Å². The molecule has 82 valence electrons. The minimum atomic E-state index is -0.174. The van der Waals surface area contributed by atoms with E-state index in [1.807, 2.05) is 0 Å². The number of anilines is 1. The number of amides is 1. The fourth-order valence-corrected chi connectivity index (χ4v) is 1.50. The Hall–Kier alpha value is -1.74. The quantitative estimate of drug-likeness (QED) is 0.804. The van der Waals surface area contributed by atoms with Crippen LogP contribution in [-0.4, -0.2) is 13.8 Å². The minimum Gasteiger partial charge on any atom is -0.322 e. The van der Waals surface area contributed by atoms with Crippen molar-refractivity contribution in [2.24, 2.45) is 0 Å². The largest absolute Gasteiger partial charge is 0.322 e.